The number of fused-ring (bicyclic) bond motifs is 1. The van der Waals surface area contributed by atoms with Crippen LogP contribution < -0.4 is 0 Å². The SMILES string of the molecule is CCc1cc2c(C)cc(C)cc2[nH]1. The smallest absolute Gasteiger partial charge is 0.0461 e. The lowest BCUT2D eigenvalue weighted by atomic mass is 10.1. The van der Waals surface area contributed by atoms with E-state index in [9.17, 15) is 0 Å². The van der Waals surface area contributed by atoms with Crippen molar-refractivity contribution < 1.29 is 0 Å². The van der Waals surface area contributed by atoms with Crippen LogP contribution >= 0.6 is 0 Å². The van der Waals surface area contributed by atoms with Crippen molar-refractivity contribution >= 4 is 10.9 Å². The molecule has 13 heavy (non-hydrogen) atoms. The van der Waals surface area contributed by atoms with Crippen LogP contribution in [-0.4, -0.2) is 4.98 Å². The van der Waals surface area contributed by atoms with Crippen molar-refractivity contribution in [1.82, 2.24) is 4.98 Å². The fourth-order valence-corrected chi connectivity index (χ4v) is 1.85. The van der Waals surface area contributed by atoms with E-state index in [-0.39, 0.29) is 0 Å². The van der Waals surface area contributed by atoms with E-state index >= 15 is 0 Å². The normalized spacial score (nSPS) is 11.0. The standard InChI is InChI=1S/C12H15N/c1-4-10-7-11-9(3)5-8(2)6-12(11)13-10/h5-7,13H,4H2,1-3H3. The first kappa shape index (κ1) is 8.36. The molecule has 0 saturated heterocycles. The first-order valence-corrected chi connectivity index (χ1v) is 4.79. The van der Waals surface area contributed by atoms with E-state index in [1.807, 2.05) is 0 Å². The maximum absolute atomic E-state index is 3.43. The second-order valence-electron chi connectivity index (χ2n) is 3.69. The Balaban J connectivity index is 2.75. The zero-order valence-electron chi connectivity index (χ0n) is 8.44. The van der Waals surface area contributed by atoms with Crippen LogP contribution in [0.3, 0.4) is 0 Å². The molecule has 0 bridgehead atoms. The molecule has 0 amide bonds. The summed E-state index contributed by atoms with van der Waals surface area (Å²) in [4.78, 5) is 3.43. The first-order valence-electron chi connectivity index (χ1n) is 4.79. The van der Waals surface area contributed by atoms with Gasteiger partial charge in [0.15, 0.2) is 0 Å². The minimum Gasteiger partial charge on any atom is -0.358 e. The van der Waals surface area contributed by atoms with Crippen LogP contribution in [0.15, 0.2) is 18.2 Å². The highest BCUT2D eigenvalue weighted by Gasteiger charge is 2.02. The van der Waals surface area contributed by atoms with E-state index in [2.05, 4.69) is 44.0 Å². The van der Waals surface area contributed by atoms with Crippen LogP contribution in [0.25, 0.3) is 10.9 Å². The average molecular weight is 173 g/mol. The van der Waals surface area contributed by atoms with Crippen molar-refractivity contribution in [2.45, 2.75) is 27.2 Å². The first-order chi connectivity index (χ1) is 6.20. The van der Waals surface area contributed by atoms with Gasteiger partial charge in [0.05, 0.1) is 0 Å². The molecule has 0 aliphatic heterocycles. The summed E-state index contributed by atoms with van der Waals surface area (Å²) in [5.41, 5.74) is 5.29. The molecular formula is C12H15N. The van der Waals surface area contributed by atoms with Gasteiger partial charge in [-0.25, -0.2) is 0 Å². The van der Waals surface area contributed by atoms with Crippen molar-refractivity contribution in [3.63, 3.8) is 0 Å². The largest absolute Gasteiger partial charge is 0.358 e. The molecule has 0 atom stereocenters. The highest BCUT2D eigenvalue weighted by Crippen LogP contribution is 2.21. The van der Waals surface area contributed by atoms with E-state index in [4.69, 9.17) is 0 Å². The number of hydrogen-bond donors (Lipinski definition) is 1. The maximum atomic E-state index is 3.43. The number of aryl methyl sites for hydroxylation is 3. The zero-order valence-corrected chi connectivity index (χ0v) is 8.44. The van der Waals surface area contributed by atoms with Gasteiger partial charge < -0.3 is 4.98 Å². The van der Waals surface area contributed by atoms with E-state index in [0.717, 1.165) is 6.42 Å². The summed E-state index contributed by atoms with van der Waals surface area (Å²) in [6.45, 7) is 6.48. The van der Waals surface area contributed by atoms with Gasteiger partial charge >= 0.3 is 0 Å². The number of benzene rings is 1. The quantitative estimate of drug-likeness (QED) is 0.680. The fourth-order valence-electron chi connectivity index (χ4n) is 1.85. The molecule has 1 N–H and O–H groups in total. The van der Waals surface area contributed by atoms with Gasteiger partial charge in [-0.05, 0) is 43.5 Å². The molecular weight excluding hydrogens is 158 g/mol. The van der Waals surface area contributed by atoms with Crippen molar-refractivity contribution in [3.8, 4) is 0 Å². The Labute approximate surface area is 78.8 Å². The summed E-state index contributed by atoms with van der Waals surface area (Å²) >= 11 is 0. The third-order valence-electron chi connectivity index (χ3n) is 2.53. The van der Waals surface area contributed by atoms with Gasteiger partial charge in [0, 0.05) is 16.6 Å². The Hall–Kier alpha value is -1.24. The molecule has 0 fully saturated rings. The van der Waals surface area contributed by atoms with E-state index < -0.39 is 0 Å². The van der Waals surface area contributed by atoms with Crippen LogP contribution in [-0.2, 0) is 6.42 Å². The minimum absolute atomic E-state index is 1.08. The Kier molecular flexibility index (Phi) is 1.87. The van der Waals surface area contributed by atoms with Gasteiger partial charge in [0.25, 0.3) is 0 Å². The van der Waals surface area contributed by atoms with Crippen LogP contribution in [0.2, 0.25) is 0 Å². The lowest BCUT2D eigenvalue weighted by Gasteiger charge is -1.97. The monoisotopic (exact) mass is 173 g/mol. The van der Waals surface area contributed by atoms with E-state index in [1.54, 1.807) is 0 Å². The molecule has 2 aromatic rings. The van der Waals surface area contributed by atoms with Gasteiger partial charge in [-0.1, -0.05) is 13.0 Å². The molecule has 68 valence electrons. The Morgan fingerprint density at radius 1 is 1.15 bits per heavy atom. The molecule has 0 aliphatic rings. The topological polar surface area (TPSA) is 15.8 Å². The summed E-state index contributed by atoms with van der Waals surface area (Å²) < 4.78 is 0. The van der Waals surface area contributed by atoms with Crippen molar-refractivity contribution in [2.24, 2.45) is 0 Å². The average Bonchev–Trinajstić information content (AvgIpc) is 2.47. The fraction of sp³-hybridized carbons (Fsp3) is 0.333. The third kappa shape index (κ3) is 1.35. The predicted octanol–water partition coefficient (Wildman–Crippen LogP) is 3.35. The molecule has 2 rings (SSSR count). The summed E-state index contributed by atoms with van der Waals surface area (Å²) in [6, 6.07) is 6.70. The second kappa shape index (κ2) is 2.91. The summed E-state index contributed by atoms with van der Waals surface area (Å²) in [5.74, 6) is 0. The maximum Gasteiger partial charge on any atom is 0.0461 e. The highest BCUT2D eigenvalue weighted by atomic mass is 14.7. The lowest BCUT2D eigenvalue weighted by Crippen LogP contribution is -1.78. The van der Waals surface area contributed by atoms with Crippen molar-refractivity contribution in [2.75, 3.05) is 0 Å². The third-order valence-corrected chi connectivity index (χ3v) is 2.53. The van der Waals surface area contributed by atoms with E-state index in [1.165, 1.54) is 27.7 Å². The number of H-pyrrole nitrogens is 1. The minimum atomic E-state index is 1.08. The van der Waals surface area contributed by atoms with Crippen LogP contribution in [0.1, 0.15) is 23.7 Å². The number of rotatable bonds is 1. The van der Waals surface area contributed by atoms with Gasteiger partial charge in [0.1, 0.15) is 0 Å². The summed E-state index contributed by atoms with van der Waals surface area (Å²) in [6.07, 6.45) is 1.08. The molecule has 0 unspecified atom stereocenters. The van der Waals surface area contributed by atoms with Crippen molar-refractivity contribution in [1.29, 1.82) is 0 Å². The van der Waals surface area contributed by atoms with E-state index in [0.29, 0.717) is 0 Å². The van der Waals surface area contributed by atoms with Crippen molar-refractivity contribution in [3.05, 3.63) is 35.0 Å². The second-order valence-corrected chi connectivity index (χ2v) is 3.69. The number of nitrogens with one attached hydrogen (secondary N) is 1. The van der Waals surface area contributed by atoms with Gasteiger partial charge in [-0.2, -0.15) is 0 Å². The molecule has 1 heteroatoms. The molecule has 0 aliphatic carbocycles. The number of hydrogen-bond acceptors (Lipinski definition) is 0. The van der Waals surface area contributed by atoms with Crippen LogP contribution in [0.5, 0.6) is 0 Å². The molecule has 0 radical (unpaired) electrons. The summed E-state index contributed by atoms with van der Waals surface area (Å²) in [7, 11) is 0. The molecule has 1 nitrogen and oxygen atoms in total. The molecule has 1 aromatic heterocycles. The van der Waals surface area contributed by atoms with Crippen LogP contribution in [0, 0.1) is 13.8 Å². The van der Waals surface area contributed by atoms with Gasteiger partial charge in [-0.15, -0.1) is 0 Å². The zero-order chi connectivity index (χ0) is 9.42. The van der Waals surface area contributed by atoms with Gasteiger partial charge in [-0.3, -0.25) is 0 Å². The molecule has 0 spiro atoms. The lowest BCUT2D eigenvalue weighted by molar-refractivity contribution is 1.07. The predicted molar refractivity (Wildman–Crippen MR) is 57.2 cm³/mol. The molecule has 0 saturated carbocycles. The Morgan fingerprint density at radius 3 is 2.62 bits per heavy atom. The number of aromatic nitrogens is 1. The van der Waals surface area contributed by atoms with Gasteiger partial charge in [0.2, 0.25) is 0 Å². The Morgan fingerprint density at radius 2 is 1.92 bits per heavy atom. The molecule has 1 heterocycles. The highest BCUT2D eigenvalue weighted by molar-refractivity contribution is 5.84. The summed E-state index contributed by atoms with van der Waals surface area (Å²) in [5, 5.41) is 1.36. The molecule has 1 aromatic carbocycles. The Bertz CT molecular complexity index is 438. The number of aromatic amines is 1. The van der Waals surface area contributed by atoms with Crippen LogP contribution in [0.4, 0.5) is 0 Å².